The van der Waals surface area contributed by atoms with Crippen LogP contribution in [0.15, 0.2) is 60.0 Å². The molecule has 0 unspecified atom stereocenters. The molecule has 0 saturated heterocycles. The van der Waals surface area contributed by atoms with Crippen molar-refractivity contribution in [3.8, 4) is 0 Å². The highest BCUT2D eigenvalue weighted by molar-refractivity contribution is 7.10. The number of benzene rings is 2. The van der Waals surface area contributed by atoms with Gasteiger partial charge in [-0.3, -0.25) is 0 Å². The molecule has 0 aliphatic carbocycles. The quantitative estimate of drug-likeness (QED) is 0.434. The minimum absolute atomic E-state index is 0.994. The molecule has 108 valence electrons. The molecule has 0 fully saturated rings. The molecule has 0 spiro atoms. The smallest absolute Gasteiger partial charge is 0.0491 e. The fourth-order valence-electron chi connectivity index (χ4n) is 3.08. The van der Waals surface area contributed by atoms with Gasteiger partial charge in [-0.25, -0.2) is 0 Å². The Morgan fingerprint density at radius 2 is 1.77 bits per heavy atom. The third-order valence-electron chi connectivity index (χ3n) is 4.10. The molecule has 2 aromatic heterocycles. The zero-order valence-electron chi connectivity index (χ0n) is 12.5. The maximum absolute atomic E-state index is 2.39. The third-order valence-corrected chi connectivity index (χ3v) is 4.93. The third kappa shape index (κ3) is 2.16. The average Bonchev–Trinajstić information content (AvgIpc) is 3.18. The summed E-state index contributed by atoms with van der Waals surface area (Å²) in [5.41, 5.74) is 3.89. The number of aromatic nitrogens is 1. The predicted molar refractivity (Wildman–Crippen MR) is 98.4 cm³/mol. The maximum atomic E-state index is 2.39. The highest BCUT2D eigenvalue weighted by atomic mass is 32.1. The van der Waals surface area contributed by atoms with Gasteiger partial charge < -0.3 is 4.57 Å². The normalized spacial score (nSPS) is 11.9. The van der Waals surface area contributed by atoms with Crippen LogP contribution >= 0.6 is 11.3 Å². The lowest BCUT2D eigenvalue weighted by molar-refractivity contribution is 0.827. The first-order chi connectivity index (χ1) is 10.9. The second-order valence-corrected chi connectivity index (χ2v) is 6.37. The van der Waals surface area contributed by atoms with Crippen LogP contribution in [0.5, 0.6) is 0 Å². The Balaban J connectivity index is 1.88. The Morgan fingerprint density at radius 3 is 2.59 bits per heavy atom. The molecular formula is C20H17NS. The Kier molecular flexibility index (Phi) is 3.32. The maximum Gasteiger partial charge on any atom is 0.0491 e. The van der Waals surface area contributed by atoms with Crippen LogP contribution in [0.25, 0.3) is 34.0 Å². The van der Waals surface area contributed by atoms with E-state index in [1.807, 2.05) is 0 Å². The molecule has 0 N–H and O–H groups in total. The number of hydrogen-bond acceptors (Lipinski definition) is 1. The van der Waals surface area contributed by atoms with Gasteiger partial charge in [0.15, 0.2) is 0 Å². The second kappa shape index (κ2) is 5.47. The fraction of sp³-hybridized carbons (Fsp3) is 0.100. The highest BCUT2D eigenvalue weighted by Gasteiger charge is 2.08. The summed E-state index contributed by atoms with van der Waals surface area (Å²) in [5, 5.41) is 4.79. The van der Waals surface area contributed by atoms with Crippen molar-refractivity contribution in [2.24, 2.45) is 0 Å². The van der Waals surface area contributed by atoms with Gasteiger partial charge in [0.1, 0.15) is 0 Å². The highest BCUT2D eigenvalue weighted by Crippen LogP contribution is 2.30. The van der Waals surface area contributed by atoms with Gasteiger partial charge >= 0.3 is 0 Å². The van der Waals surface area contributed by atoms with Crippen molar-refractivity contribution in [3.05, 3.63) is 70.4 Å². The van der Waals surface area contributed by atoms with E-state index >= 15 is 0 Å². The van der Waals surface area contributed by atoms with E-state index in [2.05, 4.69) is 83.6 Å². The molecule has 2 heterocycles. The van der Waals surface area contributed by atoms with E-state index in [1.165, 1.54) is 32.2 Å². The molecular weight excluding hydrogens is 286 g/mol. The van der Waals surface area contributed by atoms with Gasteiger partial charge in [0.25, 0.3) is 0 Å². The fourth-order valence-corrected chi connectivity index (χ4v) is 3.70. The summed E-state index contributed by atoms with van der Waals surface area (Å²) in [4.78, 5) is 1.29. The van der Waals surface area contributed by atoms with E-state index < -0.39 is 0 Å². The summed E-state index contributed by atoms with van der Waals surface area (Å²) in [6.45, 7) is 3.20. The molecule has 0 aliphatic rings. The van der Waals surface area contributed by atoms with E-state index in [0.29, 0.717) is 0 Å². The molecule has 4 aromatic rings. The van der Waals surface area contributed by atoms with Gasteiger partial charge in [0.2, 0.25) is 0 Å². The van der Waals surface area contributed by atoms with E-state index in [-0.39, 0.29) is 0 Å². The topological polar surface area (TPSA) is 4.93 Å². The Bertz CT molecular complexity index is 958. The summed E-state index contributed by atoms with van der Waals surface area (Å²) < 4.78 is 2.39. The van der Waals surface area contributed by atoms with Crippen molar-refractivity contribution in [1.82, 2.24) is 4.57 Å². The zero-order valence-corrected chi connectivity index (χ0v) is 13.3. The molecule has 1 nitrogen and oxygen atoms in total. The van der Waals surface area contributed by atoms with Gasteiger partial charge in [-0.2, -0.15) is 0 Å². The Hall–Kier alpha value is -2.32. The summed E-state index contributed by atoms with van der Waals surface area (Å²) in [5.74, 6) is 0. The largest absolute Gasteiger partial charge is 0.341 e. The van der Waals surface area contributed by atoms with Crippen molar-refractivity contribution in [3.63, 3.8) is 0 Å². The number of para-hydroxylation sites is 1. The number of nitrogens with zero attached hydrogens (tertiary/aromatic N) is 1. The van der Waals surface area contributed by atoms with Crippen molar-refractivity contribution < 1.29 is 0 Å². The lowest BCUT2D eigenvalue weighted by atomic mass is 10.1. The number of rotatable bonds is 3. The minimum atomic E-state index is 0.994. The van der Waals surface area contributed by atoms with Crippen molar-refractivity contribution in [2.45, 2.75) is 13.5 Å². The Labute approximate surface area is 134 Å². The molecule has 0 saturated carbocycles. The first kappa shape index (κ1) is 13.4. The summed E-state index contributed by atoms with van der Waals surface area (Å²) in [6, 6.07) is 19.6. The molecule has 2 heteroatoms. The van der Waals surface area contributed by atoms with Crippen molar-refractivity contribution in [1.29, 1.82) is 0 Å². The van der Waals surface area contributed by atoms with E-state index in [9.17, 15) is 0 Å². The molecule has 0 aliphatic heterocycles. The molecule has 0 amide bonds. The number of hydrogen-bond donors (Lipinski definition) is 0. The summed E-state index contributed by atoms with van der Waals surface area (Å²) in [6.07, 6.45) is 4.38. The molecule has 0 bridgehead atoms. The van der Waals surface area contributed by atoms with Crippen LogP contribution in [0.2, 0.25) is 0 Å². The summed E-state index contributed by atoms with van der Waals surface area (Å²) >= 11 is 1.77. The number of aryl methyl sites for hydroxylation is 1. The standard InChI is InChI=1S/C20H17NS/c1-2-21-19-8-4-3-7-17(19)18-14-15(10-12-20(18)21)9-11-16-6-5-13-22-16/h3-14H,2H2,1H3. The van der Waals surface area contributed by atoms with Crippen molar-refractivity contribution in [2.75, 3.05) is 0 Å². The monoisotopic (exact) mass is 303 g/mol. The van der Waals surface area contributed by atoms with Crippen LogP contribution in [-0.4, -0.2) is 4.57 Å². The molecule has 22 heavy (non-hydrogen) atoms. The lowest BCUT2D eigenvalue weighted by Gasteiger charge is -2.02. The molecule has 0 atom stereocenters. The minimum Gasteiger partial charge on any atom is -0.341 e. The average molecular weight is 303 g/mol. The van der Waals surface area contributed by atoms with Gasteiger partial charge in [-0.1, -0.05) is 36.4 Å². The lowest BCUT2D eigenvalue weighted by Crippen LogP contribution is -1.92. The van der Waals surface area contributed by atoms with E-state index in [0.717, 1.165) is 6.54 Å². The SMILES string of the molecule is CCn1c2ccccc2c2cc(C=Cc3cccs3)ccc21. The number of fused-ring (bicyclic) bond motifs is 3. The van der Waals surface area contributed by atoms with Crippen LogP contribution in [0, 0.1) is 0 Å². The Morgan fingerprint density at radius 1 is 0.909 bits per heavy atom. The first-order valence-corrected chi connectivity index (χ1v) is 8.47. The second-order valence-electron chi connectivity index (χ2n) is 5.39. The van der Waals surface area contributed by atoms with Gasteiger partial charge in [0.05, 0.1) is 0 Å². The zero-order chi connectivity index (χ0) is 14.9. The van der Waals surface area contributed by atoms with E-state index in [4.69, 9.17) is 0 Å². The van der Waals surface area contributed by atoms with Crippen LogP contribution < -0.4 is 0 Å². The van der Waals surface area contributed by atoms with Crippen LogP contribution in [0.1, 0.15) is 17.4 Å². The molecule has 4 rings (SSSR count). The van der Waals surface area contributed by atoms with Gasteiger partial charge in [0, 0.05) is 33.2 Å². The molecule has 2 aromatic carbocycles. The van der Waals surface area contributed by atoms with Crippen molar-refractivity contribution >= 4 is 45.3 Å². The predicted octanol–water partition coefficient (Wildman–Crippen LogP) is 6.05. The van der Waals surface area contributed by atoms with Gasteiger partial charge in [-0.15, -0.1) is 11.3 Å². The van der Waals surface area contributed by atoms with Gasteiger partial charge in [-0.05, 0) is 48.2 Å². The summed E-state index contributed by atoms with van der Waals surface area (Å²) in [7, 11) is 0. The first-order valence-electron chi connectivity index (χ1n) is 7.59. The molecule has 0 radical (unpaired) electrons. The van der Waals surface area contributed by atoms with E-state index in [1.54, 1.807) is 11.3 Å². The van der Waals surface area contributed by atoms with Crippen LogP contribution in [0.3, 0.4) is 0 Å². The van der Waals surface area contributed by atoms with Crippen LogP contribution in [0.4, 0.5) is 0 Å². The van der Waals surface area contributed by atoms with Crippen LogP contribution in [-0.2, 0) is 6.54 Å². The number of thiophene rings is 1.